The summed E-state index contributed by atoms with van der Waals surface area (Å²) in [4.78, 5) is 38.7. The number of likely N-dealkylation sites (tertiary alicyclic amines) is 1. The van der Waals surface area contributed by atoms with E-state index >= 15 is 0 Å². The van der Waals surface area contributed by atoms with Crippen LogP contribution in [0.1, 0.15) is 63.5 Å². The van der Waals surface area contributed by atoms with Gasteiger partial charge in [0.15, 0.2) is 0 Å². The number of nitrogens with one attached hydrogen (secondary N) is 1. The van der Waals surface area contributed by atoms with E-state index in [0.717, 1.165) is 44.1 Å². The zero-order valence-corrected chi connectivity index (χ0v) is 15.4. The van der Waals surface area contributed by atoms with Gasteiger partial charge >= 0.3 is 0 Å². The Morgan fingerprint density at radius 3 is 2.31 bits per heavy atom. The Kier molecular flexibility index (Phi) is 6.07. The first-order chi connectivity index (χ1) is 12.6. The van der Waals surface area contributed by atoms with Crippen LogP contribution in [0, 0.1) is 11.8 Å². The molecule has 1 aliphatic heterocycles. The van der Waals surface area contributed by atoms with Crippen molar-refractivity contribution in [3.8, 4) is 0 Å². The third kappa shape index (κ3) is 3.97. The molecule has 1 aromatic rings. The van der Waals surface area contributed by atoms with Gasteiger partial charge in [0.1, 0.15) is 0 Å². The summed E-state index contributed by atoms with van der Waals surface area (Å²) in [6.45, 7) is 2.29. The number of rotatable bonds is 7. The van der Waals surface area contributed by atoms with Gasteiger partial charge in [0, 0.05) is 13.0 Å². The first kappa shape index (κ1) is 18.6. The number of amides is 3. The van der Waals surface area contributed by atoms with E-state index in [4.69, 9.17) is 0 Å². The number of imide groups is 1. The number of hydrogen-bond donors (Lipinski definition) is 1. The van der Waals surface area contributed by atoms with Gasteiger partial charge in [0.25, 0.3) is 0 Å². The monoisotopic (exact) mass is 356 g/mol. The molecule has 3 rings (SSSR count). The average molecular weight is 356 g/mol. The second-order valence-corrected chi connectivity index (χ2v) is 7.40. The molecule has 0 radical (unpaired) electrons. The van der Waals surface area contributed by atoms with Gasteiger partial charge < -0.3 is 5.32 Å². The molecule has 3 atom stereocenters. The van der Waals surface area contributed by atoms with Crippen LogP contribution < -0.4 is 5.32 Å². The fraction of sp³-hybridized carbons (Fsp3) is 0.571. The highest BCUT2D eigenvalue weighted by molar-refractivity contribution is 6.05. The molecule has 5 heteroatoms. The molecule has 2 fully saturated rings. The van der Waals surface area contributed by atoms with E-state index in [1.54, 1.807) is 0 Å². The van der Waals surface area contributed by atoms with Crippen molar-refractivity contribution in [3.63, 3.8) is 0 Å². The minimum atomic E-state index is -0.142. The lowest BCUT2D eigenvalue weighted by Crippen LogP contribution is -2.36. The van der Waals surface area contributed by atoms with Crippen LogP contribution >= 0.6 is 0 Å². The van der Waals surface area contributed by atoms with E-state index in [0.29, 0.717) is 0 Å². The van der Waals surface area contributed by atoms with Crippen molar-refractivity contribution in [2.75, 3.05) is 6.54 Å². The number of nitrogens with zero attached hydrogens (tertiary/aromatic N) is 1. The fourth-order valence-electron chi connectivity index (χ4n) is 4.23. The van der Waals surface area contributed by atoms with Gasteiger partial charge in [-0.05, 0) is 24.8 Å². The van der Waals surface area contributed by atoms with Crippen molar-refractivity contribution in [1.82, 2.24) is 10.2 Å². The Morgan fingerprint density at radius 2 is 1.73 bits per heavy atom. The molecule has 1 saturated heterocycles. The van der Waals surface area contributed by atoms with E-state index in [-0.39, 0.29) is 48.6 Å². The summed E-state index contributed by atoms with van der Waals surface area (Å²) in [6.07, 6.45) is 5.65. The van der Waals surface area contributed by atoms with Crippen molar-refractivity contribution in [2.24, 2.45) is 11.8 Å². The van der Waals surface area contributed by atoms with Gasteiger partial charge in [0.2, 0.25) is 17.7 Å². The van der Waals surface area contributed by atoms with Crippen molar-refractivity contribution < 1.29 is 14.4 Å². The Morgan fingerprint density at radius 1 is 1.12 bits per heavy atom. The summed E-state index contributed by atoms with van der Waals surface area (Å²) in [7, 11) is 0. The standard InChI is InChI=1S/C21H28N2O3/c1-2-8-18(15-9-4-3-5-10-15)22-19(24)13-14-23-20(25)16-11-6-7-12-17(16)21(23)26/h3-5,9-10,16-18H,2,6-8,11-14H2,1H3,(H,22,24)/t16-,17-,18-/m0/s1. The Bertz CT molecular complexity index is 634. The first-order valence-electron chi connectivity index (χ1n) is 9.81. The third-order valence-corrected chi connectivity index (χ3v) is 5.61. The van der Waals surface area contributed by atoms with Gasteiger partial charge in [-0.1, -0.05) is 56.5 Å². The lowest BCUT2D eigenvalue weighted by Gasteiger charge is -2.20. The number of hydrogen-bond acceptors (Lipinski definition) is 3. The second kappa shape index (κ2) is 8.47. The minimum absolute atomic E-state index is 0.0266. The Balaban J connectivity index is 1.56. The number of carbonyl (C=O) groups excluding carboxylic acids is 3. The molecule has 1 aromatic carbocycles. The number of carbonyl (C=O) groups is 3. The highest BCUT2D eigenvalue weighted by Gasteiger charge is 2.47. The van der Waals surface area contributed by atoms with Crippen molar-refractivity contribution in [2.45, 2.75) is 57.9 Å². The fourth-order valence-corrected chi connectivity index (χ4v) is 4.23. The average Bonchev–Trinajstić information content (AvgIpc) is 2.91. The van der Waals surface area contributed by atoms with Crippen LogP contribution in [0.2, 0.25) is 0 Å². The summed E-state index contributed by atoms with van der Waals surface area (Å²) in [5, 5.41) is 3.06. The van der Waals surface area contributed by atoms with Crippen LogP contribution in [0.3, 0.4) is 0 Å². The summed E-state index contributed by atoms with van der Waals surface area (Å²) < 4.78 is 0. The normalized spacial score (nSPS) is 23.7. The lowest BCUT2D eigenvalue weighted by molar-refractivity contribution is -0.140. The molecule has 0 unspecified atom stereocenters. The highest BCUT2D eigenvalue weighted by atomic mass is 16.2. The molecule has 2 aliphatic rings. The van der Waals surface area contributed by atoms with Crippen LogP contribution in [-0.4, -0.2) is 29.2 Å². The Hall–Kier alpha value is -2.17. The molecule has 140 valence electrons. The topological polar surface area (TPSA) is 66.5 Å². The maximum atomic E-state index is 12.5. The molecular weight excluding hydrogens is 328 g/mol. The molecule has 0 bridgehead atoms. The van der Waals surface area contributed by atoms with Crippen LogP contribution in [-0.2, 0) is 14.4 Å². The summed E-state index contributed by atoms with van der Waals surface area (Å²) in [5.74, 6) is -0.531. The van der Waals surface area contributed by atoms with Crippen molar-refractivity contribution >= 4 is 17.7 Å². The van der Waals surface area contributed by atoms with Crippen LogP contribution in [0.25, 0.3) is 0 Å². The Labute approximate surface area is 155 Å². The summed E-state index contributed by atoms with van der Waals surface area (Å²) >= 11 is 0. The van der Waals surface area contributed by atoms with Gasteiger partial charge in [-0.15, -0.1) is 0 Å². The molecular formula is C21H28N2O3. The van der Waals surface area contributed by atoms with E-state index in [2.05, 4.69) is 12.2 Å². The lowest BCUT2D eigenvalue weighted by atomic mass is 9.81. The maximum absolute atomic E-state index is 12.5. The smallest absolute Gasteiger partial charge is 0.233 e. The predicted molar refractivity (Wildman–Crippen MR) is 99.0 cm³/mol. The van der Waals surface area contributed by atoms with Crippen molar-refractivity contribution in [1.29, 1.82) is 0 Å². The molecule has 1 N–H and O–H groups in total. The number of benzene rings is 1. The zero-order valence-electron chi connectivity index (χ0n) is 15.4. The first-order valence-corrected chi connectivity index (χ1v) is 9.81. The largest absolute Gasteiger partial charge is 0.349 e. The molecule has 1 aliphatic carbocycles. The van der Waals surface area contributed by atoms with E-state index in [9.17, 15) is 14.4 Å². The van der Waals surface area contributed by atoms with Gasteiger partial charge in [-0.3, -0.25) is 19.3 Å². The molecule has 0 aromatic heterocycles. The molecule has 1 heterocycles. The molecule has 5 nitrogen and oxygen atoms in total. The van der Waals surface area contributed by atoms with Gasteiger partial charge in [0.05, 0.1) is 17.9 Å². The van der Waals surface area contributed by atoms with Gasteiger partial charge in [-0.25, -0.2) is 0 Å². The predicted octanol–water partition coefficient (Wildman–Crippen LogP) is 3.21. The molecule has 0 spiro atoms. The minimum Gasteiger partial charge on any atom is -0.349 e. The molecule has 1 saturated carbocycles. The number of fused-ring (bicyclic) bond motifs is 1. The van der Waals surface area contributed by atoms with Crippen LogP contribution in [0.4, 0.5) is 0 Å². The maximum Gasteiger partial charge on any atom is 0.233 e. The quantitative estimate of drug-likeness (QED) is 0.763. The van der Waals surface area contributed by atoms with Crippen LogP contribution in [0.15, 0.2) is 30.3 Å². The highest BCUT2D eigenvalue weighted by Crippen LogP contribution is 2.37. The molecule has 3 amide bonds. The SMILES string of the molecule is CCC[C@H](NC(=O)CCN1C(=O)[C@H]2CCCC[C@@H]2C1=O)c1ccccc1. The second-order valence-electron chi connectivity index (χ2n) is 7.40. The summed E-state index contributed by atoms with van der Waals surface area (Å²) in [5.41, 5.74) is 1.09. The van der Waals surface area contributed by atoms with Gasteiger partial charge in [-0.2, -0.15) is 0 Å². The van der Waals surface area contributed by atoms with E-state index < -0.39 is 0 Å². The molecule has 26 heavy (non-hydrogen) atoms. The zero-order chi connectivity index (χ0) is 18.5. The van der Waals surface area contributed by atoms with E-state index in [1.807, 2.05) is 30.3 Å². The van der Waals surface area contributed by atoms with Crippen molar-refractivity contribution in [3.05, 3.63) is 35.9 Å². The summed E-state index contributed by atoms with van der Waals surface area (Å²) in [6, 6.07) is 9.89. The van der Waals surface area contributed by atoms with Crippen LogP contribution in [0.5, 0.6) is 0 Å². The third-order valence-electron chi connectivity index (χ3n) is 5.61. The van der Waals surface area contributed by atoms with E-state index in [1.165, 1.54) is 4.90 Å².